The van der Waals surface area contributed by atoms with E-state index >= 15 is 0 Å². The lowest BCUT2D eigenvalue weighted by Crippen LogP contribution is -2.34. The molecule has 0 unspecified atom stereocenters. The molecule has 0 saturated carbocycles. The number of aryl methyl sites for hydroxylation is 1. The van der Waals surface area contributed by atoms with Crippen LogP contribution in [0.25, 0.3) is 0 Å². The van der Waals surface area contributed by atoms with E-state index in [9.17, 15) is 9.59 Å². The molecule has 1 amide bonds. The van der Waals surface area contributed by atoms with Crippen LogP contribution in [0.2, 0.25) is 0 Å². The first kappa shape index (κ1) is 15.0. The highest BCUT2D eigenvalue weighted by Crippen LogP contribution is 2.33. The minimum Gasteiger partial charge on any atom is -0.465 e. The number of thiophene rings is 1. The van der Waals surface area contributed by atoms with Crippen LogP contribution < -0.4 is 10.6 Å². The average Bonchev–Trinajstić information content (AvgIpc) is 2.74. The summed E-state index contributed by atoms with van der Waals surface area (Å²) in [6.45, 7) is 5.54. The summed E-state index contributed by atoms with van der Waals surface area (Å²) >= 11 is 1.43. The van der Waals surface area contributed by atoms with Crippen LogP contribution in [0.1, 0.15) is 33.6 Å². The number of carbonyl (C=O) groups is 2. The Labute approximate surface area is 122 Å². The molecule has 1 aliphatic rings. The average molecular weight is 296 g/mol. The molecule has 0 radical (unpaired) electrons. The number of hydrogen-bond donors (Lipinski definition) is 2. The smallest absolute Gasteiger partial charge is 0.341 e. The van der Waals surface area contributed by atoms with Crippen molar-refractivity contribution >= 4 is 28.2 Å². The van der Waals surface area contributed by atoms with Crippen molar-refractivity contribution in [3.8, 4) is 0 Å². The minimum absolute atomic E-state index is 0.00194. The van der Waals surface area contributed by atoms with Gasteiger partial charge in [-0.1, -0.05) is 0 Å². The van der Waals surface area contributed by atoms with Gasteiger partial charge in [0.15, 0.2) is 0 Å². The minimum atomic E-state index is -0.396. The zero-order valence-corrected chi connectivity index (χ0v) is 12.9. The molecular formula is C14H20N2O3S. The topological polar surface area (TPSA) is 67.4 Å². The Balaban J connectivity index is 2.18. The molecule has 0 aliphatic carbocycles. The molecule has 5 nitrogen and oxygen atoms in total. The highest BCUT2D eigenvalue weighted by molar-refractivity contribution is 7.16. The number of carbonyl (C=O) groups excluding carboxylic acids is 2. The van der Waals surface area contributed by atoms with Crippen molar-refractivity contribution in [3.05, 3.63) is 16.0 Å². The molecule has 2 heterocycles. The summed E-state index contributed by atoms with van der Waals surface area (Å²) in [4.78, 5) is 25.1. The number of hydrogen-bond acceptors (Lipinski definition) is 5. The van der Waals surface area contributed by atoms with Crippen molar-refractivity contribution < 1.29 is 14.3 Å². The molecular weight excluding hydrogens is 276 g/mol. The van der Waals surface area contributed by atoms with Gasteiger partial charge in [-0.15, -0.1) is 11.3 Å². The van der Waals surface area contributed by atoms with Crippen molar-refractivity contribution in [2.75, 3.05) is 25.5 Å². The van der Waals surface area contributed by atoms with E-state index in [0.717, 1.165) is 36.4 Å². The fraction of sp³-hybridized carbons (Fsp3) is 0.571. The Morgan fingerprint density at radius 2 is 1.95 bits per heavy atom. The standard InChI is InChI=1S/C14H20N2O3S/c1-8-9(2)20-13(11(8)14(18)19-3)16-12(17)10-4-6-15-7-5-10/h10,15H,4-7H2,1-3H3,(H,16,17). The highest BCUT2D eigenvalue weighted by Gasteiger charge is 2.25. The highest BCUT2D eigenvalue weighted by atomic mass is 32.1. The van der Waals surface area contributed by atoms with Gasteiger partial charge >= 0.3 is 5.97 Å². The molecule has 0 spiro atoms. The first-order chi connectivity index (χ1) is 9.54. The van der Waals surface area contributed by atoms with Crippen LogP contribution in [0.5, 0.6) is 0 Å². The first-order valence-corrected chi connectivity index (χ1v) is 7.56. The second kappa shape index (κ2) is 6.37. The van der Waals surface area contributed by atoms with Gasteiger partial charge in [0.2, 0.25) is 5.91 Å². The van der Waals surface area contributed by atoms with Crippen molar-refractivity contribution in [2.45, 2.75) is 26.7 Å². The summed E-state index contributed by atoms with van der Waals surface area (Å²) in [5.74, 6) is -0.380. The van der Waals surface area contributed by atoms with Crippen LogP contribution >= 0.6 is 11.3 Å². The van der Waals surface area contributed by atoms with Crippen LogP contribution in [0, 0.1) is 19.8 Å². The number of nitrogens with one attached hydrogen (secondary N) is 2. The third-order valence-corrected chi connectivity index (χ3v) is 4.84. The maximum absolute atomic E-state index is 12.3. The van der Waals surface area contributed by atoms with E-state index in [0.29, 0.717) is 10.6 Å². The van der Waals surface area contributed by atoms with E-state index in [1.807, 2.05) is 13.8 Å². The van der Waals surface area contributed by atoms with Crippen LogP contribution in [0.15, 0.2) is 0 Å². The summed E-state index contributed by atoms with van der Waals surface area (Å²) in [5.41, 5.74) is 1.36. The Kier molecular flexibility index (Phi) is 4.77. The van der Waals surface area contributed by atoms with Crippen molar-refractivity contribution in [3.63, 3.8) is 0 Å². The zero-order valence-electron chi connectivity index (χ0n) is 12.0. The van der Waals surface area contributed by atoms with Gasteiger partial charge in [0.1, 0.15) is 5.00 Å². The van der Waals surface area contributed by atoms with Crippen LogP contribution in [-0.2, 0) is 9.53 Å². The molecule has 6 heteroatoms. The lowest BCUT2D eigenvalue weighted by molar-refractivity contribution is -0.120. The van der Waals surface area contributed by atoms with Crippen molar-refractivity contribution in [1.29, 1.82) is 0 Å². The number of rotatable bonds is 3. The van der Waals surface area contributed by atoms with Crippen LogP contribution in [0.4, 0.5) is 5.00 Å². The van der Waals surface area contributed by atoms with E-state index in [2.05, 4.69) is 10.6 Å². The number of ether oxygens (including phenoxy) is 1. The molecule has 0 atom stereocenters. The predicted molar refractivity (Wildman–Crippen MR) is 79.4 cm³/mol. The van der Waals surface area contributed by atoms with Crippen molar-refractivity contribution in [1.82, 2.24) is 5.32 Å². The molecule has 1 fully saturated rings. The van der Waals surface area contributed by atoms with E-state index in [4.69, 9.17) is 4.74 Å². The second-order valence-electron chi connectivity index (χ2n) is 4.99. The monoisotopic (exact) mass is 296 g/mol. The lowest BCUT2D eigenvalue weighted by Gasteiger charge is -2.21. The van der Waals surface area contributed by atoms with Gasteiger partial charge in [-0.05, 0) is 45.3 Å². The summed E-state index contributed by atoms with van der Waals surface area (Å²) in [6.07, 6.45) is 1.67. The fourth-order valence-electron chi connectivity index (χ4n) is 2.36. The SMILES string of the molecule is COC(=O)c1c(NC(=O)C2CCNCC2)sc(C)c1C. The first-order valence-electron chi connectivity index (χ1n) is 6.74. The summed E-state index contributed by atoms with van der Waals surface area (Å²) in [5, 5.41) is 6.75. The number of esters is 1. The molecule has 1 aliphatic heterocycles. The van der Waals surface area contributed by atoms with E-state index in [1.165, 1.54) is 18.4 Å². The van der Waals surface area contributed by atoms with E-state index in [-0.39, 0.29) is 11.8 Å². The number of anilines is 1. The third-order valence-electron chi connectivity index (χ3n) is 3.72. The van der Waals surface area contributed by atoms with Gasteiger partial charge in [-0.25, -0.2) is 4.79 Å². The fourth-order valence-corrected chi connectivity index (χ4v) is 3.41. The van der Waals surface area contributed by atoms with Crippen LogP contribution in [0.3, 0.4) is 0 Å². The molecule has 0 bridgehead atoms. The molecule has 110 valence electrons. The predicted octanol–water partition coefficient (Wildman–Crippen LogP) is 2.09. The van der Waals surface area contributed by atoms with Gasteiger partial charge in [0.05, 0.1) is 12.7 Å². The number of amides is 1. The molecule has 1 aromatic rings. The molecule has 20 heavy (non-hydrogen) atoms. The number of piperidine rings is 1. The zero-order chi connectivity index (χ0) is 14.7. The Bertz CT molecular complexity index is 519. The van der Waals surface area contributed by atoms with E-state index < -0.39 is 5.97 Å². The summed E-state index contributed by atoms with van der Waals surface area (Å²) in [7, 11) is 1.35. The lowest BCUT2D eigenvalue weighted by atomic mass is 9.97. The second-order valence-corrected chi connectivity index (χ2v) is 6.22. The van der Waals surface area contributed by atoms with Gasteiger partial charge in [0, 0.05) is 10.8 Å². The maximum atomic E-state index is 12.3. The Morgan fingerprint density at radius 1 is 1.30 bits per heavy atom. The molecule has 1 saturated heterocycles. The summed E-state index contributed by atoms with van der Waals surface area (Å²) < 4.78 is 4.80. The van der Waals surface area contributed by atoms with Crippen molar-refractivity contribution in [2.24, 2.45) is 5.92 Å². The van der Waals surface area contributed by atoms with Crippen LogP contribution in [-0.4, -0.2) is 32.1 Å². The molecule has 2 rings (SSSR count). The quantitative estimate of drug-likeness (QED) is 0.838. The van der Waals surface area contributed by atoms with Gasteiger partial charge in [-0.3, -0.25) is 4.79 Å². The van der Waals surface area contributed by atoms with Gasteiger partial charge in [0.25, 0.3) is 0 Å². The maximum Gasteiger partial charge on any atom is 0.341 e. The summed E-state index contributed by atoms with van der Waals surface area (Å²) in [6, 6.07) is 0. The van der Waals surface area contributed by atoms with E-state index in [1.54, 1.807) is 0 Å². The molecule has 1 aromatic heterocycles. The Morgan fingerprint density at radius 3 is 2.55 bits per heavy atom. The molecule has 2 N–H and O–H groups in total. The normalized spacial score (nSPS) is 15.9. The third kappa shape index (κ3) is 3.02. The Hall–Kier alpha value is -1.40. The molecule has 0 aromatic carbocycles. The number of methoxy groups -OCH3 is 1. The van der Waals surface area contributed by atoms with Gasteiger partial charge in [-0.2, -0.15) is 0 Å². The largest absolute Gasteiger partial charge is 0.465 e. The van der Waals surface area contributed by atoms with Gasteiger partial charge < -0.3 is 15.4 Å².